The van der Waals surface area contributed by atoms with Gasteiger partial charge in [-0.1, -0.05) is 53.8 Å². The lowest BCUT2D eigenvalue weighted by molar-refractivity contribution is -0.132. The predicted molar refractivity (Wildman–Crippen MR) is 120 cm³/mol. The van der Waals surface area contributed by atoms with E-state index in [2.05, 4.69) is 4.98 Å². The normalized spacial score (nSPS) is 17.4. The average Bonchev–Trinajstić information content (AvgIpc) is 3.32. The smallest absolute Gasteiger partial charge is 0.350 e. The second-order valence-electron chi connectivity index (χ2n) is 7.22. The first-order chi connectivity index (χ1) is 15.8. The quantitative estimate of drug-likeness (QED) is 0.259. The number of Topliss-reactive ketones (excluding diaryl/α,β-unsaturated/α-hetero) is 1. The Labute approximate surface area is 192 Å². The summed E-state index contributed by atoms with van der Waals surface area (Å²) < 4.78 is 18.7. The molecule has 0 bridgehead atoms. The fourth-order valence-electron chi connectivity index (χ4n) is 3.61. The van der Waals surface area contributed by atoms with E-state index in [9.17, 15) is 23.9 Å². The first-order valence-corrected chi connectivity index (χ1v) is 10.9. The Balaban J connectivity index is 1.90. The number of aromatic nitrogens is 1. The molecule has 1 N–H and O–H groups in total. The maximum atomic E-state index is 13.6. The van der Waals surface area contributed by atoms with Gasteiger partial charge in [0.2, 0.25) is 0 Å². The summed E-state index contributed by atoms with van der Waals surface area (Å²) in [7, 11) is 0. The number of amides is 1. The highest BCUT2D eigenvalue weighted by atomic mass is 32.1. The Bertz CT molecular complexity index is 1270. The predicted octanol–water partition coefficient (Wildman–Crippen LogP) is 4.39. The molecule has 0 spiro atoms. The van der Waals surface area contributed by atoms with E-state index in [4.69, 9.17) is 4.74 Å². The van der Waals surface area contributed by atoms with E-state index in [1.807, 2.05) is 0 Å². The van der Waals surface area contributed by atoms with Crippen molar-refractivity contribution in [3.63, 3.8) is 0 Å². The van der Waals surface area contributed by atoms with E-state index in [0.717, 1.165) is 16.2 Å². The van der Waals surface area contributed by atoms with Gasteiger partial charge in [0, 0.05) is 5.56 Å². The van der Waals surface area contributed by atoms with Crippen LogP contribution < -0.4 is 4.90 Å². The van der Waals surface area contributed by atoms with Crippen LogP contribution in [0, 0.1) is 12.7 Å². The number of hydrogen-bond acceptors (Lipinski definition) is 7. The summed E-state index contributed by atoms with van der Waals surface area (Å²) in [6, 6.07) is 12.6. The molecule has 7 nitrogen and oxygen atoms in total. The Morgan fingerprint density at radius 1 is 1.15 bits per heavy atom. The molecule has 0 radical (unpaired) electrons. The Morgan fingerprint density at radius 3 is 2.45 bits per heavy atom. The number of carbonyl (C=O) groups is 3. The zero-order valence-electron chi connectivity index (χ0n) is 17.7. The van der Waals surface area contributed by atoms with Crippen LogP contribution in [0.5, 0.6) is 0 Å². The number of ketones is 1. The molecule has 1 saturated heterocycles. The van der Waals surface area contributed by atoms with Gasteiger partial charge in [-0.2, -0.15) is 0 Å². The molecule has 1 aromatic heterocycles. The average molecular weight is 466 g/mol. The summed E-state index contributed by atoms with van der Waals surface area (Å²) in [5.41, 5.74) is 0.948. The molecule has 3 aromatic rings. The zero-order valence-corrected chi connectivity index (χ0v) is 18.6. The van der Waals surface area contributed by atoms with Crippen LogP contribution in [0.25, 0.3) is 5.76 Å². The number of hydrogen-bond donors (Lipinski definition) is 1. The standard InChI is InChI=1S/C24H19FN2O5S/c1-3-32-23(31)21-13(2)26-24(33-21)27-18(14-9-11-16(25)12-10-14)17(20(29)22(27)30)19(28)15-7-5-4-6-8-15/h4-12,18,28H,3H2,1-2H3/b19-17+/t18-/m0/s1. The van der Waals surface area contributed by atoms with Gasteiger partial charge in [-0.25, -0.2) is 14.2 Å². The highest BCUT2D eigenvalue weighted by molar-refractivity contribution is 7.17. The van der Waals surface area contributed by atoms with Gasteiger partial charge < -0.3 is 9.84 Å². The lowest BCUT2D eigenvalue weighted by atomic mass is 9.95. The molecule has 0 saturated carbocycles. The summed E-state index contributed by atoms with van der Waals surface area (Å²) in [5, 5.41) is 11.1. The Morgan fingerprint density at radius 2 is 1.82 bits per heavy atom. The van der Waals surface area contributed by atoms with Gasteiger partial charge in [-0.15, -0.1) is 0 Å². The highest BCUT2D eigenvalue weighted by Crippen LogP contribution is 2.43. The van der Waals surface area contributed by atoms with Gasteiger partial charge in [0.25, 0.3) is 5.78 Å². The van der Waals surface area contributed by atoms with Crippen LogP contribution >= 0.6 is 11.3 Å². The fourth-order valence-corrected chi connectivity index (χ4v) is 4.60. The van der Waals surface area contributed by atoms with Gasteiger partial charge in [0.1, 0.15) is 16.5 Å². The molecule has 33 heavy (non-hydrogen) atoms. The molecule has 168 valence electrons. The molecule has 1 aliphatic heterocycles. The lowest BCUT2D eigenvalue weighted by Crippen LogP contribution is -2.29. The molecule has 2 aromatic carbocycles. The number of anilines is 1. The van der Waals surface area contributed by atoms with Crippen LogP contribution in [0.4, 0.5) is 9.52 Å². The Kier molecular flexibility index (Phi) is 6.06. The molecule has 0 aliphatic carbocycles. The topological polar surface area (TPSA) is 96.8 Å². The van der Waals surface area contributed by atoms with Crippen molar-refractivity contribution in [2.24, 2.45) is 0 Å². The van der Waals surface area contributed by atoms with Crippen LogP contribution in [0.15, 0.2) is 60.2 Å². The van der Waals surface area contributed by atoms with Gasteiger partial charge >= 0.3 is 11.9 Å². The second kappa shape index (κ2) is 8.95. The number of esters is 1. The van der Waals surface area contributed by atoms with Crippen molar-refractivity contribution in [3.05, 3.63) is 87.7 Å². The molecule has 0 unspecified atom stereocenters. The van der Waals surface area contributed by atoms with Crippen molar-refractivity contribution in [3.8, 4) is 0 Å². The molecule has 1 fully saturated rings. The van der Waals surface area contributed by atoms with Gasteiger partial charge in [-0.3, -0.25) is 14.5 Å². The first kappa shape index (κ1) is 22.3. The molecular formula is C24H19FN2O5S. The Hall–Kier alpha value is -3.85. The van der Waals surface area contributed by atoms with Crippen LogP contribution in [0.1, 0.15) is 39.5 Å². The number of ether oxygens (including phenoxy) is 1. The van der Waals surface area contributed by atoms with Crippen molar-refractivity contribution in [1.29, 1.82) is 0 Å². The molecule has 1 aliphatic rings. The molecule has 9 heteroatoms. The van der Waals surface area contributed by atoms with Crippen molar-refractivity contribution in [2.45, 2.75) is 19.9 Å². The fraction of sp³-hybridized carbons (Fsp3) is 0.167. The van der Waals surface area contributed by atoms with Gasteiger partial charge in [0.05, 0.1) is 23.9 Å². The minimum Gasteiger partial charge on any atom is -0.507 e. The van der Waals surface area contributed by atoms with Crippen molar-refractivity contribution in [2.75, 3.05) is 11.5 Å². The molecule has 1 atom stereocenters. The third-order valence-corrected chi connectivity index (χ3v) is 6.27. The third-order valence-electron chi connectivity index (χ3n) is 5.13. The molecule has 4 rings (SSSR count). The number of halogens is 1. The summed E-state index contributed by atoms with van der Waals surface area (Å²) in [5.74, 6) is -3.25. The van der Waals surface area contributed by atoms with Gasteiger partial charge in [0.15, 0.2) is 5.13 Å². The maximum Gasteiger partial charge on any atom is 0.350 e. The van der Waals surface area contributed by atoms with Crippen LogP contribution in [-0.4, -0.2) is 34.4 Å². The van der Waals surface area contributed by atoms with Crippen LogP contribution in [-0.2, 0) is 14.3 Å². The van der Waals surface area contributed by atoms with E-state index in [1.54, 1.807) is 44.2 Å². The van der Waals surface area contributed by atoms with Crippen molar-refractivity contribution in [1.82, 2.24) is 4.98 Å². The summed E-state index contributed by atoms with van der Waals surface area (Å²) in [6.45, 7) is 3.44. The minimum absolute atomic E-state index is 0.0964. The summed E-state index contributed by atoms with van der Waals surface area (Å²) in [4.78, 5) is 44.1. The summed E-state index contributed by atoms with van der Waals surface area (Å²) >= 11 is 0.911. The number of nitrogens with zero attached hydrogens (tertiary/aromatic N) is 2. The monoisotopic (exact) mass is 466 g/mol. The lowest BCUT2D eigenvalue weighted by Gasteiger charge is -2.23. The number of rotatable bonds is 5. The highest BCUT2D eigenvalue weighted by Gasteiger charge is 2.48. The number of thiazole rings is 1. The number of aliphatic hydroxyl groups is 1. The second-order valence-corrected chi connectivity index (χ2v) is 8.20. The third kappa shape index (κ3) is 4.03. The van der Waals surface area contributed by atoms with Crippen molar-refractivity contribution >= 4 is 39.9 Å². The van der Waals surface area contributed by atoms with E-state index in [-0.39, 0.29) is 27.9 Å². The van der Waals surface area contributed by atoms with Crippen molar-refractivity contribution < 1.29 is 28.6 Å². The van der Waals surface area contributed by atoms with Crippen LogP contribution in [0.2, 0.25) is 0 Å². The minimum atomic E-state index is -1.06. The van der Waals surface area contributed by atoms with Crippen LogP contribution in [0.3, 0.4) is 0 Å². The van der Waals surface area contributed by atoms with E-state index < -0.39 is 29.5 Å². The molecular weight excluding hydrogens is 447 g/mol. The zero-order chi connectivity index (χ0) is 23.7. The van der Waals surface area contributed by atoms with E-state index in [1.165, 1.54) is 24.3 Å². The number of aliphatic hydroxyl groups excluding tert-OH is 1. The number of benzene rings is 2. The van der Waals surface area contributed by atoms with Gasteiger partial charge in [-0.05, 0) is 31.5 Å². The number of aryl methyl sites for hydroxylation is 1. The van der Waals surface area contributed by atoms with E-state index >= 15 is 0 Å². The first-order valence-electron chi connectivity index (χ1n) is 10.1. The SMILES string of the molecule is CCOC(=O)c1sc(N2C(=O)C(=O)/C(=C(/O)c3ccccc3)[C@@H]2c2ccc(F)cc2)nc1C. The maximum absolute atomic E-state index is 13.6. The summed E-state index contributed by atoms with van der Waals surface area (Å²) in [6.07, 6.45) is 0. The number of carbonyl (C=O) groups excluding carboxylic acids is 3. The molecule has 1 amide bonds. The van der Waals surface area contributed by atoms with E-state index in [0.29, 0.717) is 16.8 Å². The largest absolute Gasteiger partial charge is 0.507 e. The molecule has 2 heterocycles.